The van der Waals surface area contributed by atoms with E-state index in [-0.39, 0.29) is 17.0 Å². The van der Waals surface area contributed by atoms with Crippen molar-refractivity contribution in [3.63, 3.8) is 0 Å². The number of para-hydroxylation sites is 2. The van der Waals surface area contributed by atoms with Gasteiger partial charge >= 0.3 is 0 Å². The fourth-order valence-corrected chi connectivity index (χ4v) is 6.24. The van der Waals surface area contributed by atoms with Gasteiger partial charge in [-0.05, 0) is 60.8 Å². The molecule has 0 atom stereocenters. The quantitative estimate of drug-likeness (QED) is 0.517. The van der Waals surface area contributed by atoms with Crippen LogP contribution in [0.2, 0.25) is 0 Å². The summed E-state index contributed by atoms with van der Waals surface area (Å²) in [7, 11) is 4.34. The van der Waals surface area contributed by atoms with Crippen LogP contribution in [0.15, 0.2) is 81.3 Å². The number of halogens is 1. The predicted octanol–water partition coefficient (Wildman–Crippen LogP) is 3.31. The number of thioether (sulfide) groups is 1. The minimum atomic E-state index is 0. The molecule has 0 N–H and O–H groups in total. The Morgan fingerprint density at radius 1 is 1.00 bits per heavy atom. The number of fused-ring (bicyclic) bond motifs is 2. The van der Waals surface area contributed by atoms with Crippen LogP contribution >= 0.6 is 23.1 Å². The first kappa shape index (κ1) is 20.5. The molecule has 148 valence electrons. The van der Waals surface area contributed by atoms with Crippen LogP contribution in [0.1, 0.15) is 24.8 Å². The smallest absolute Gasteiger partial charge is 0.262 e. The van der Waals surface area contributed by atoms with E-state index in [9.17, 15) is 0 Å². The maximum absolute atomic E-state index is 2.39. The summed E-state index contributed by atoms with van der Waals surface area (Å²) in [6, 6.07) is 17.3. The lowest BCUT2D eigenvalue weighted by Gasteiger charge is -2.13. The Morgan fingerprint density at radius 3 is 2.55 bits per heavy atom. The summed E-state index contributed by atoms with van der Waals surface area (Å²) in [5, 5.41) is 2.65. The Bertz CT molecular complexity index is 1190. The standard InChI is InChI=1S/C24H23N2S2.BrH/c1-16-17(14-23-25(2)19-8-4-6-10-21(19)27-23)12-13-18(16)15-24-26(3)20-9-5-7-11-22(20)28-24;/h4-11,14-15H,12-13H2,1-3H3;1H/q+1;/p-1. The van der Waals surface area contributed by atoms with Crippen LogP contribution in [0.4, 0.5) is 5.69 Å². The van der Waals surface area contributed by atoms with E-state index < -0.39 is 0 Å². The van der Waals surface area contributed by atoms with E-state index in [4.69, 9.17) is 0 Å². The lowest BCUT2D eigenvalue weighted by atomic mass is 10.1. The van der Waals surface area contributed by atoms with Gasteiger partial charge in [0.25, 0.3) is 5.01 Å². The average molecular weight is 484 g/mol. The molecule has 0 saturated carbocycles. The van der Waals surface area contributed by atoms with E-state index in [1.54, 1.807) is 0 Å². The van der Waals surface area contributed by atoms with Crippen molar-refractivity contribution in [2.24, 2.45) is 7.05 Å². The molecule has 2 nitrogen and oxygen atoms in total. The van der Waals surface area contributed by atoms with Crippen LogP contribution in [0, 0.1) is 0 Å². The highest BCUT2D eigenvalue weighted by Crippen LogP contribution is 2.46. The molecule has 5 rings (SSSR count). The maximum Gasteiger partial charge on any atom is 0.262 e. The van der Waals surface area contributed by atoms with Gasteiger partial charge in [-0.3, -0.25) is 0 Å². The molecule has 1 aliphatic heterocycles. The van der Waals surface area contributed by atoms with E-state index in [1.165, 1.54) is 47.6 Å². The van der Waals surface area contributed by atoms with Crippen LogP contribution in [0.5, 0.6) is 0 Å². The minimum absolute atomic E-state index is 0. The van der Waals surface area contributed by atoms with Gasteiger partial charge in [0.2, 0.25) is 5.52 Å². The van der Waals surface area contributed by atoms with Crippen molar-refractivity contribution in [1.29, 1.82) is 0 Å². The van der Waals surface area contributed by atoms with Crippen molar-refractivity contribution < 1.29 is 21.5 Å². The summed E-state index contributed by atoms with van der Waals surface area (Å²) in [6.07, 6.45) is 7.04. The molecule has 29 heavy (non-hydrogen) atoms. The second-order valence-corrected chi connectivity index (χ2v) is 9.52. The topological polar surface area (TPSA) is 7.12 Å². The second kappa shape index (κ2) is 8.13. The molecule has 0 unspecified atom stereocenters. The van der Waals surface area contributed by atoms with Crippen LogP contribution in [0.3, 0.4) is 0 Å². The lowest BCUT2D eigenvalue weighted by molar-refractivity contribution is -0.642. The van der Waals surface area contributed by atoms with Gasteiger partial charge in [-0.25, -0.2) is 0 Å². The predicted molar refractivity (Wildman–Crippen MR) is 122 cm³/mol. The first-order valence-electron chi connectivity index (χ1n) is 9.62. The molecule has 5 heteroatoms. The van der Waals surface area contributed by atoms with E-state index >= 15 is 0 Å². The van der Waals surface area contributed by atoms with Gasteiger partial charge in [-0.1, -0.05) is 47.4 Å². The molecule has 2 aliphatic rings. The van der Waals surface area contributed by atoms with E-state index in [2.05, 4.69) is 91.2 Å². The van der Waals surface area contributed by atoms with Crippen molar-refractivity contribution in [3.05, 3.63) is 81.4 Å². The molecular formula is C24H23BrN2S2. The number of rotatable bonds is 2. The molecule has 2 aromatic carbocycles. The zero-order chi connectivity index (χ0) is 19.3. The van der Waals surface area contributed by atoms with Crippen LogP contribution < -0.4 is 26.4 Å². The maximum atomic E-state index is 2.39. The third kappa shape index (κ3) is 3.60. The highest BCUT2D eigenvalue weighted by Gasteiger charge is 2.24. The lowest BCUT2D eigenvalue weighted by Crippen LogP contribution is -3.00. The molecule has 3 aromatic rings. The third-order valence-corrected chi connectivity index (χ3v) is 8.10. The van der Waals surface area contributed by atoms with Gasteiger partial charge in [0.05, 0.1) is 10.7 Å². The zero-order valence-electron chi connectivity index (χ0n) is 16.8. The molecule has 0 spiro atoms. The summed E-state index contributed by atoms with van der Waals surface area (Å²) < 4.78 is 3.66. The summed E-state index contributed by atoms with van der Waals surface area (Å²) in [4.78, 5) is 3.66. The van der Waals surface area contributed by atoms with Gasteiger partial charge in [0, 0.05) is 24.1 Å². The van der Waals surface area contributed by atoms with Crippen molar-refractivity contribution in [1.82, 2.24) is 0 Å². The highest BCUT2D eigenvalue weighted by molar-refractivity contribution is 8.03. The number of allylic oxidation sites excluding steroid dienone is 4. The van der Waals surface area contributed by atoms with Crippen LogP contribution in [-0.4, -0.2) is 7.05 Å². The normalized spacial score (nSPS) is 18.8. The number of hydrogen-bond acceptors (Lipinski definition) is 3. The molecule has 1 aliphatic carbocycles. The van der Waals surface area contributed by atoms with Gasteiger partial charge in [-0.15, -0.1) is 0 Å². The fourth-order valence-electron chi connectivity index (χ4n) is 4.00. The fraction of sp³-hybridized carbons (Fsp3) is 0.208. The summed E-state index contributed by atoms with van der Waals surface area (Å²) in [6.45, 7) is 2.28. The first-order chi connectivity index (χ1) is 13.6. The molecular weight excluding hydrogens is 460 g/mol. The Balaban J connectivity index is 0.00000205. The summed E-state index contributed by atoms with van der Waals surface area (Å²) in [5.74, 6) is 0. The van der Waals surface area contributed by atoms with Gasteiger partial charge in [0.15, 0.2) is 0 Å². The Kier molecular flexibility index (Phi) is 5.74. The van der Waals surface area contributed by atoms with Gasteiger partial charge in [-0.2, -0.15) is 4.57 Å². The van der Waals surface area contributed by atoms with Crippen LogP contribution in [0.25, 0.3) is 16.3 Å². The number of aryl methyl sites for hydroxylation is 1. The second-order valence-electron chi connectivity index (χ2n) is 7.40. The van der Waals surface area contributed by atoms with Crippen molar-refractivity contribution >= 4 is 45.1 Å². The molecule has 0 saturated heterocycles. The van der Waals surface area contributed by atoms with E-state index in [0.29, 0.717) is 0 Å². The number of anilines is 1. The number of thiazole rings is 1. The largest absolute Gasteiger partial charge is 1.00 e. The average Bonchev–Trinajstić information content (AvgIpc) is 3.33. The Morgan fingerprint density at radius 2 is 1.76 bits per heavy atom. The van der Waals surface area contributed by atoms with Crippen LogP contribution in [-0.2, 0) is 7.05 Å². The SMILES string of the molecule is CC1=C(/C=C2/Sc3ccccc3N2C)CC/C1=C\c1sc2ccccc2[n+]1C.[Br-]. The zero-order valence-corrected chi connectivity index (χ0v) is 20.0. The molecule has 0 radical (unpaired) electrons. The first-order valence-corrected chi connectivity index (χ1v) is 11.3. The van der Waals surface area contributed by atoms with Gasteiger partial charge < -0.3 is 21.9 Å². The molecule has 0 bridgehead atoms. The van der Waals surface area contributed by atoms with E-state index in [0.717, 1.165) is 12.8 Å². The van der Waals surface area contributed by atoms with Crippen molar-refractivity contribution in [2.45, 2.75) is 24.7 Å². The Hall–Kier alpha value is -1.82. The summed E-state index contributed by atoms with van der Waals surface area (Å²) >= 11 is 3.75. The number of hydrogen-bond donors (Lipinski definition) is 0. The molecule has 1 aromatic heterocycles. The molecule has 0 fully saturated rings. The molecule has 0 amide bonds. The van der Waals surface area contributed by atoms with Gasteiger partial charge in [0.1, 0.15) is 11.7 Å². The Labute approximate surface area is 191 Å². The molecule has 2 heterocycles. The third-order valence-electron chi connectivity index (χ3n) is 5.77. The summed E-state index contributed by atoms with van der Waals surface area (Å²) in [5.41, 5.74) is 7.00. The number of nitrogens with zero attached hydrogens (tertiary/aromatic N) is 2. The van der Waals surface area contributed by atoms with Crippen molar-refractivity contribution in [2.75, 3.05) is 11.9 Å². The minimum Gasteiger partial charge on any atom is -1.00 e. The monoisotopic (exact) mass is 482 g/mol. The number of aromatic nitrogens is 1. The van der Waals surface area contributed by atoms with Crippen molar-refractivity contribution in [3.8, 4) is 0 Å². The number of benzene rings is 2. The highest BCUT2D eigenvalue weighted by atomic mass is 79.9. The van der Waals surface area contributed by atoms with E-state index in [1.807, 2.05) is 23.1 Å².